The molecule has 0 aromatic rings. The van der Waals surface area contributed by atoms with E-state index < -0.39 is 0 Å². The van der Waals surface area contributed by atoms with Crippen LogP contribution in [0.25, 0.3) is 0 Å². The molecule has 0 bridgehead atoms. The van der Waals surface area contributed by atoms with Crippen LogP contribution in [0, 0.1) is 0 Å². The van der Waals surface area contributed by atoms with Gasteiger partial charge in [-0.3, -0.25) is 4.79 Å². The molecule has 0 fully saturated rings. The maximum atomic E-state index is 10.4. The van der Waals surface area contributed by atoms with Crippen molar-refractivity contribution in [3.05, 3.63) is 0 Å². The van der Waals surface area contributed by atoms with Gasteiger partial charge in [-0.1, -0.05) is 0 Å². The van der Waals surface area contributed by atoms with Gasteiger partial charge in [-0.05, 0) is 0 Å². The monoisotopic (exact) mass is 164 g/mol. The van der Waals surface area contributed by atoms with E-state index in [0.29, 0.717) is 13.2 Å². The molecule has 0 saturated carbocycles. The Morgan fingerprint density at radius 3 is 2.70 bits per heavy atom. The third-order valence-electron chi connectivity index (χ3n) is 0.885. The minimum absolute atomic E-state index is 0.146. The smallest absolute Gasteiger partial charge is 0.315 e. The maximum absolute atomic E-state index is 10.4. The van der Waals surface area contributed by atoms with Crippen LogP contribution in [0.15, 0.2) is 0 Å². The van der Waals surface area contributed by atoms with E-state index in [1.54, 1.807) is 7.11 Å². The highest BCUT2D eigenvalue weighted by molar-refractivity contribution is 7.81. The molecule has 0 amide bonds. The number of ether oxygens (including phenoxy) is 2. The molecular formula is C6H12O3S. The summed E-state index contributed by atoms with van der Waals surface area (Å²) in [7, 11) is 1.61. The molecule has 0 aromatic carbocycles. The lowest BCUT2D eigenvalue weighted by Gasteiger charge is -2.00. The molecule has 0 radical (unpaired) electrons. The fraction of sp³-hybridized carbons (Fsp3) is 0.833. The summed E-state index contributed by atoms with van der Waals surface area (Å²) in [6.45, 7) is 1.05. The standard InChI is InChI=1S/C6H12O3S/c1-8-3-2-4-9-6(7)5-10/h10H,2-5H2,1H3. The first-order chi connectivity index (χ1) is 4.81. The van der Waals surface area contributed by atoms with Gasteiger partial charge in [0.15, 0.2) is 0 Å². The van der Waals surface area contributed by atoms with Gasteiger partial charge in [0.05, 0.1) is 12.4 Å². The van der Waals surface area contributed by atoms with Crippen molar-refractivity contribution in [1.82, 2.24) is 0 Å². The van der Waals surface area contributed by atoms with Crippen molar-refractivity contribution in [2.75, 3.05) is 26.1 Å². The third kappa shape index (κ3) is 5.91. The van der Waals surface area contributed by atoms with Gasteiger partial charge < -0.3 is 9.47 Å². The normalized spacial score (nSPS) is 9.40. The molecule has 0 aliphatic heterocycles. The lowest BCUT2D eigenvalue weighted by Crippen LogP contribution is -2.08. The largest absolute Gasteiger partial charge is 0.465 e. The first kappa shape index (κ1) is 9.78. The van der Waals surface area contributed by atoms with Crippen LogP contribution in [0.3, 0.4) is 0 Å². The number of hydrogen-bond donors (Lipinski definition) is 1. The summed E-state index contributed by atoms with van der Waals surface area (Å²) in [4.78, 5) is 10.4. The molecule has 10 heavy (non-hydrogen) atoms. The molecule has 0 aliphatic rings. The predicted octanol–water partition coefficient (Wildman–Crippen LogP) is 0.496. The molecule has 0 saturated heterocycles. The lowest BCUT2D eigenvalue weighted by molar-refractivity contribution is -0.140. The Hall–Kier alpha value is -0.220. The second-order valence-electron chi connectivity index (χ2n) is 1.72. The van der Waals surface area contributed by atoms with E-state index in [4.69, 9.17) is 9.47 Å². The maximum Gasteiger partial charge on any atom is 0.315 e. The van der Waals surface area contributed by atoms with E-state index in [1.807, 2.05) is 0 Å². The van der Waals surface area contributed by atoms with Crippen molar-refractivity contribution in [3.8, 4) is 0 Å². The first-order valence-corrected chi connectivity index (χ1v) is 3.70. The molecule has 0 aromatic heterocycles. The van der Waals surface area contributed by atoms with Gasteiger partial charge in [-0.2, -0.15) is 12.6 Å². The van der Waals surface area contributed by atoms with Crippen molar-refractivity contribution in [3.63, 3.8) is 0 Å². The van der Waals surface area contributed by atoms with Crippen molar-refractivity contribution in [2.24, 2.45) is 0 Å². The molecule has 3 nitrogen and oxygen atoms in total. The van der Waals surface area contributed by atoms with Gasteiger partial charge in [0.1, 0.15) is 0 Å². The van der Waals surface area contributed by atoms with Gasteiger partial charge in [0, 0.05) is 20.1 Å². The third-order valence-corrected chi connectivity index (χ3v) is 1.14. The fourth-order valence-electron chi connectivity index (χ4n) is 0.435. The van der Waals surface area contributed by atoms with E-state index in [0.717, 1.165) is 6.42 Å². The van der Waals surface area contributed by atoms with Gasteiger partial charge in [-0.15, -0.1) is 0 Å². The van der Waals surface area contributed by atoms with Crippen LogP contribution < -0.4 is 0 Å². The van der Waals surface area contributed by atoms with Gasteiger partial charge >= 0.3 is 5.97 Å². The minimum Gasteiger partial charge on any atom is -0.465 e. The van der Waals surface area contributed by atoms with E-state index in [1.165, 1.54) is 0 Å². The van der Waals surface area contributed by atoms with E-state index >= 15 is 0 Å². The fourth-order valence-corrected chi connectivity index (χ4v) is 0.526. The Balaban J connectivity index is 2.96. The summed E-state index contributed by atoms with van der Waals surface area (Å²) in [5.41, 5.74) is 0. The van der Waals surface area contributed by atoms with Gasteiger partial charge in [0.2, 0.25) is 0 Å². The average molecular weight is 164 g/mol. The molecule has 0 rings (SSSR count). The quantitative estimate of drug-likeness (QED) is 0.365. The summed E-state index contributed by atoms with van der Waals surface area (Å²) in [6, 6.07) is 0. The van der Waals surface area contributed by atoms with Crippen molar-refractivity contribution in [1.29, 1.82) is 0 Å². The van der Waals surface area contributed by atoms with Crippen LogP contribution in [0.1, 0.15) is 6.42 Å². The number of hydrogen-bond acceptors (Lipinski definition) is 4. The molecule has 4 heteroatoms. The molecule has 0 spiro atoms. The zero-order chi connectivity index (χ0) is 7.82. The molecule has 0 N–H and O–H groups in total. The van der Waals surface area contributed by atoms with Crippen LogP contribution in [0.5, 0.6) is 0 Å². The Morgan fingerprint density at radius 2 is 2.20 bits per heavy atom. The van der Waals surface area contributed by atoms with Crippen LogP contribution in [-0.4, -0.2) is 32.0 Å². The number of methoxy groups -OCH3 is 1. The number of thiol groups is 1. The Bertz CT molecular complexity index is 95.0. The van der Waals surface area contributed by atoms with Crippen LogP contribution >= 0.6 is 12.6 Å². The lowest BCUT2D eigenvalue weighted by atomic mass is 10.5. The Morgan fingerprint density at radius 1 is 1.50 bits per heavy atom. The van der Waals surface area contributed by atoms with Crippen molar-refractivity contribution < 1.29 is 14.3 Å². The SMILES string of the molecule is COCCCOC(=O)CS. The second-order valence-corrected chi connectivity index (χ2v) is 2.04. The summed E-state index contributed by atoms with van der Waals surface area (Å²) in [6.07, 6.45) is 0.746. The number of esters is 1. The predicted molar refractivity (Wildman–Crippen MR) is 41.3 cm³/mol. The highest BCUT2D eigenvalue weighted by Gasteiger charge is 1.96. The zero-order valence-electron chi connectivity index (χ0n) is 6.00. The average Bonchev–Trinajstić information content (AvgIpc) is 1.98. The molecule has 0 heterocycles. The number of carbonyl (C=O) groups excluding carboxylic acids is 1. The second kappa shape index (κ2) is 6.89. The Kier molecular flexibility index (Phi) is 6.74. The zero-order valence-corrected chi connectivity index (χ0v) is 6.89. The summed E-state index contributed by atoms with van der Waals surface area (Å²) in [5, 5.41) is 0. The van der Waals surface area contributed by atoms with E-state index in [-0.39, 0.29) is 11.7 Å². The summed E-state index contributed by atoms with van der Waals surface area (Å²) < 4.78 is 9.44. The van der Waals surface area contributed by atoms with Gasteiger partial charge in [0.25, 0.3) is 0 Å². The first-order valence-electron chi connectivity index (χ1n) is 3.06. The van der Waals surface area contributed by atoms with E-state index in [9.17, 15) is 4.79 Å². The highest BCUT2D eigenvalue weighted by atomic mass is 32.1. The molecular weight excluding hydrogens is 152 g/mol. The van der Waals surface area contributed by atoms with Gasteiger partial charge in [-0.25, -0.2) is 0 Å². The van der Waals surface area contributed by atoms with Crippen LogP contribution in [0.4, 0.5) is 0 Å². The minimum atomic E-state index is -0.278. The van der Waals surface area contributed by atoms with Crippen LogP contribution in [0.2, 0.25) is 0 Å². The highest BCUT2D eigenvalue weighted by Crippen LogP contribution is 1.86. The summed E-state index contributed by atoms with van der Waals surface area (Å²) in [5.74, 6) is -0.132. The molecule has 0 unspecified atom stereocenters. The molecule has 0 atom stereocenters. The van der Waals surface area contributed by atoms with E-state index in [2.05, 4.69) is 12.6 Å². The molecule has 60 valence electrons. The van der Waals surface area contributed by atoms with Crippen LogP contribution in [-0.2, 0) is 14.3 Å². The van der Waals surface area contributed by atoms with Crippen molar-refractivity contribution in [2.45, 2.75) is 6.42 Å². The summed E-state index contributed by atoms with van der Waals surface area (Å²) >= 11 is 3.73. The molecule has 0 aliphatic carbocycles. The topological polar surface area (TPSA) is 35.5 Å². The number of rotatable bonds is 5. The number of carbonyl (C=O) groups is 1. The van der Waals surface area contributed by atoms with Crippen molar-refractivity contribution >= 4 is 18.6 Å². The Labute approximate surface area is 66.1 Å².